The van der Waals surface area contributed by atoms with Crippen LogP contribution in [0, 0.1) is 5.92 Å². The summed E-state index contributed by atoms with van der Waals surface area (Å²) in [5.74, 6) is 0.303. The zero-order valence-corrected chi connectivity index (χ0v) is 15.6. The van der Waals surface area contributed by atoms with Gasteiger partial charge in [0, 0.05) is 6.54 Å². The van der Waals surface area contributed by atoms with Gasteiger partial charge in [-0.3, -0.25) is 9.59 Å². The van der Waals surface area contributed by atoms with Crippen LogP contribution in [0.1, 0.15) is 29.4 Å². The predicted molar refractivity (Wildman–Crippen MR) is 94.8 cm³/mol. The van der Waals surface area contributed by atoms with Gasteiger partial charge in [-0.25, -0.2) is 0 Å². The first kappa shape index (κ1) is 19.4. The molecule has 2 unspecified atom stereocenters. The second-order valence-electron chi connectivity index (χ2n) is 5.24. The first-order valence-electron chi connectivity index (χ1n) is 7.11. The molecule has 2 atom stereocenters. The molecule has 0 saturated carbocycles. The van der Waals surface area contributed by atoms with E-state index >= 15 is 0 Å². The number of rotatable bonds is 6. The monoisotopic (exact) mass is 409 g/mol. The van der Waals surface area contributed by atoms with E-state index in [0.29, 0.717) is 17.3 Å². The molecule has 0 spiro atoms. The fraction of sp³-hybridized carbons (Fsp3) is 0.571. The van der Waals surface area contributed by atoms with E-state index in [-0.39, 0.29) is 24.2 Å². The van der Waals surface area contributed by atoms with Gasteiger partial charge in [0.15, 0.2) is 0 Å². The van der Waals surface area contributed by atoms with Crippen LogP contribution in [0.5, 0.6) is 0 Å². The third-order valence-electron chi connectivity index (χ3n) is 3.55. The van der Waals surface area contributed by atoms with Gasteiger partial charge in [0.2, 0.25) is 5.91 Å². The van der Waals surface area contributed by atoms with Crippen LogP contribution in [-0.4, -0.2) is 37.5 Å². The van der Waals surface area contributed by atoms with Gasteiger partial charge in [-0.05, 0) is 66.8 Å². The molecular weight excluding hydrogens is 390 g/mol. The number of halogens is 2. The lowest BCUT2D eigenvalue weighted by atomic mass is 10.1. The molecule has 0 aromatic carbocycles. The number of hydrogen-bond acceptors (Lipinski definition) is 4. The van der Waals surface area contributed by atoms with Gasteiger partial charge in [0.25, 0.3) is 5.91 Å². The smallest absolute Gasteiger partial charge is 0.262 e. The summed E-state index contributed by atoms with van der Waals surface area (Å²) in [6, 6.07) is 3.03. The van der Waals surface area contributed by atoms with Crippen molar-refractivity contribution in [3.8, 4) is 0 Å². The molecule has 0 bridgehead atoms. The molecule has 3 N–H and O–H groups in total. The van der Waals surface area contributed by atoms with E-state index in [1.807, 2.05) is 6.07 Å². The van der Waals surface area contributed by atoms with E-state index < -0.39 is 6.04 Å². The summed E-state index contributed by atoms with van der Waals surface area (Å²) in [6.45, 7) is 4.47. The number of thiophene rings is 1. The Morgan fingerprint density at radius 2 is 2.27 bits per heavy atom. The average Bonchev–Trinajstić information content (AvgIpc) is 3.10. The fourth-order valence-electron chi connectivity index (χ4n) is 2.28. The summed E-state index contributed by atoms with van der Waals surface area (Å²) in [4.78, 5) is 24.5. The normalized spacial score (nSPS) is 18.4. The Bertz CT molecular complexity index is 506. The average molecular weight is 411 g/mol. The molecule has 22 heavy (non-hydrogen) atoms. The number of carbonyl (C=O) groups is 2. The van der Waals surface area contributed by atoms with Crippen molar-refractivity contribution in [3.05, 3.63) is 20.8 Å². The second kappa shape index (κ2) is 9.50. The highest BCUT2D eigenvalue weighted by atomic mass is 79.9. The molecule has 1 aromatic heterocycles. The highest BCUT2D eigenvalue weighted by Gasteiger charge is 2.18. The van der Waals surface area contributed by atoms with Crippen molar-refractivity contribution in [2.75, 3.05) is 19.6 Å². The van der Waals surface area contributed by atoms with Crippen LogP contribution < -0.4 is 16.0 Å². The Morgan fingerprint density at radius 1 is 1.50 bits per heavy atom. The molecule has 0 aliphatic carbocycles. The lowest BCUT2D eigenvalue weighted by Crippen LogP contribution is -2.45. The molecule has 0 radical (unpaired) electrons. The Morgan fingerprint density at radius 3 is 2.86 bits per heavy atom. The van der Waals surface area contributed by atoms with Crippen LogP contribution >= 0.6 is 39.7 Å². The maximum absolute atomic E-state index is 11.9. The standard InChI is InChI=1S/C14H20BrN3O2S.ClH/c1-9(18-14(20)11-2-3-12(15)21-11)13(19)17-7-5-10-4-6-16-8-10;/h2-3,9-10,16H,4-8H2,1H3,(H,17,19)(H,18,20);1H. The summed E-state index contributed by atoms with van der Waals surface area (Å²) in [6.07, 6.45) is 2.16. The first-order chi connectivity index (χ1) is 10.1. The van der Waals surface area contributed by atoms with E-state index in [4.69, 9.17) is 0 Å². The second-order valence-corrected chi connectivity index (χ2v) is 7.70. The van der Waals surface area contributed by atoms with Crippen LogP contribution in [0.3, 0.4) is 0 Å². The van der Waals surface area contributed by atoms with Crippen LogP contribution in [-0.2, 0) is 4.79 Å². The molecule has 2 rings (SSSR count). The van der Waals surface area contributed by atoms with Crippen molar-refractivity contribution in [3.63, 3.8) is 0 Å². The number of carbonyl (C=O) groups excluding carboxylic acids is 2. The van der Waals surface area contributed by atoms with Crippen molar-refractivity contribution in [1.82, 2.24) is 16.0 Å². The molecule has 1 aliphatic rings. The Balaban J connectivity index is 0.00000242. The minimum absolute atomic E-state index is 0. The number of amides is 2. The summed E-state index contributed by atoms with van der Waals surface area (Å²) >= 11 is 4.67. The van der Waals surface area contributed by atoms with Crippen LogP contribution in [0.2, 0.25) is 0 Å². The quantitative estimate of drug-likeness (QED) is 0.673. The highest BCUT2D eigenvalue weighted by molar-refractivity contribution is 9.11. The van der Waals surface area contributed by atoms with Gasteiger partial charge < -0.3 is 16.0 Å². The van der Waals surface area contributed by atoms with E-state index in [1.165, 1.54) is 17.8 Å². The van der Waals surface area contributed by atoms with Crippen molar-refractivity contribution in [1.29, 1.82) is 0 Å². The molecular formula is C14H21BrClN3O2S. The summed E-state index contributed by atoms with van der Waals surface area (Å²) in [5.41, 5.74) is 0. The van der Waals surface area contributed by atoms with Gasteiger partial charge in [-0.15, -0.1) is 23.7 Å². The van der Waals surface area contributed by atoms with Crippen LogP contribution in [0.25, 0.3) is 0 Å². The lowest BCUT2D eigenvalue weighted by Gasteiger charge is -2.14. The molecule has 1 saturated heterocycles. The summed E-state index contributed by atoms with van der Waals surface area (Å²) in [5, 5.41) is 8.91. The topological polar surface area (TPSA) is 70.2 Å². The predicted octanol–water partition coefficient (Wildman–Crippen LogP) is 2.17. The van der Waals surface area contributed by atoms with Crippen LogP contribution in [0.4, 0.5) is 0 Å². The van der Waals surface area contributed by atoms with E-state index in [0.717, 1.165) is 23.3 Å². The van der Waals surface area contributed by atoms with E-state index in [1.54, 1.807) is 13.0 Å². The highest BCUT2D eigenvalue weighted by Crippen LogP contribution is 2.21. The van der Waals surface area contributed by atoms with Crippen molar-refractivity contribution >= 4 is 51.5 Å². The minimum atomic E-state index is -0.528. The Hall–Kier alpha value is -0.630. The largest absolute Gasteiger partial charge is 0.354 e. The van der Waals surface area contributed by atoms with Gasteiger partial charge in [0.1, 0.15) is 6.04 Å². The number of hydrogen-bond donors (Lipinski definition) is 3. The van der Waals surface area contributed by atoms with Crippen molar-refractivity contribution in [2.45, 2.75) is 25.8 Å². The Kier molecular flexibility index (Phi) is 8.38. The lowest BCUT2D eigenvalue weighted by molar-refractivity contribution is -0.122. The fourth-order valence-corrected chi connectivity index (χ4v) is 3.57. The maximum atomic E-state index is 11.9. The van der Waals surface area contributed by atoms with Crippen molar-refractivity contribution in [2.24, 2.45) is 5.92 Å². The molecule has 2 heterocycles. The number of nitrogens with one attached hydrogen (secondary N) is 3. The minimum Gasteiger partial charge on any atom is -0.354 e. The molecule has 1 fully saturated rings. The summed E-state index contributed by atoms with van der Waals surface area (Å²) < 4.78 is 0.898. The van der Waals surface area contributed by atoms with E-state index in [2.05, 4.69) is 31.9 Å². The first-order valence-corrected chi connectivity index (χ1v) is 8.72. The molecule has 2 amide bonds. The van der Waals surface area contributed by atoms with E-state index in [9.17, 15) is 9.59 Å². The van der Waals surface area contributed by atoms with Crippen molar-refractivity contribution < 1.29 is 9.59 Å². The van der Waals surface area contributed by atoms with Gasteiger partial charge in [-0.1, -0.05) is 0 Å². The van der Waals surface area contributed by atoms with Crippen LogP contribution in [0.15, 0.2) is 15.9 Å². The third kappa shape index (κ3) is 5.87. The zero-order valence-electron chi connectivity index (χ0n) is 12.4. The molecule has 1 aromatic rings. The molecule has 1 aliphatic heterocycles. The SMILES string of the molecule is CC(NC(=O)c1ccc(Br)s1)C(=O)NCCC1CCNC1.Cl. The third-order valence-corrected chi connectivity index (χ3v) is 5.17. The molecule has 124 valence electrons. The maximum Gasteiger partial charge on any atom is 0.262 e. The van der Waals surface area contributed by atoms with Gasteiger partial charge in [-0.2, -0.15) is 0 Å². The summed E-state index contributed by atoms with van der Waals surface area (Å²) in [7, 11) is 0. The Labute approximate surface area is 149 Å². The molecule has 5 nitrogen and oxygen atoms in total. The molecule has 8 heteroatoms. The zero-order chi connectivity index (χ0) is 15.2. The van der Waals surface area contributed by atoms with Gasteiger partial charge in [0.05, 0.1) is 8.66 Å². The van der Waals surface area contributed by atoms with Gasteiger partial charge >= 0.3 is 0 Å².